The Bertz CT molecular complexity index is 325. The number of nitrogens with zero attached hydrogens (tertiary/aromatic N) is 1. The number of rotatable bonds is 1. The van der Waals surface area contributed by atoms with Crippen molar-refractivity contribution in [1.29, 1.82) is 0 Å². The van der Waals surface area contributed by atoms with E-state index in [9.17, 15) is 0 Å². The lowest BCUT2D eigenvalue weighted by Crippen LogP contribution is -2.53. The van der Waals surface area contributed by atoms with Crippen LogP contribution in [-0.2, 0) is 4.74 Å². The second-order valence-corrected chi connectivity index (χ2v) is 5.45. The number of aromatic nitrogens is 1. The molecule has 2 fully saturated rings. The molecule has 1 saturated heterocycles. The molecule has 0 amide bonds. The maximum Gasteiger partial charge on any atom is 0.0892 e. The Morgan fingerprint density at radius 1 is 1.38 bits per heavy atom. The predicted molar refractivity (Wildman–Crippen MR) is 64.6 cm³/mol. The minimum Gasteiger partial charge on any atom is -0.372 e. The van der Waals surface area contributed by atoms with Crippen LogP contribution < -0.4 is 5.32 Å². The van der Waals surface area contributed by atoms with Crippen LogP contribution in [0.3, 0.4) is 0 Å². The molecule has 88 valence electrons. The maximum absolute atomic E-state index is 6.14. The molecule has 1 aliphatic carbocycles. The van der Waals surface area contributed by atoms with Crippen molar-refractivity contribution < 1.29 is 4.74 Å². The highest BCUT2D eigenvalue weighted by Crippen LogP contribution is 2.42. The van der Waals surface area contributed by atoms with E-state index in [4.69, 9.17) is 4.74 Å². The first-order valence-corrected chi connectivity index (χ1v) is 7.02. The SMILES string of the molecule is c1cc(C2NCCOC23CCCCC3)ns1. The topological polar surface area (TPSA) is 34.1 Å². The van der Waals surface area contributed by atoms with Crippen LogP contribution in [0.15, 0.2) is 11.4 Å². The molecule has 1 atom stereocenters. The first-order chi connectivity index (χ1) is 7.91. The van der Waals surface area contributed by atoms with Gasteiger partial charge in [-0.3, -0.25) is 0 Å². The number of hydrogen-bond donors (Lipinski definition) is 1. The Kier molecular flexibility index (Phi) is 2.96. The summed E-state index contributed by atoms with van der Waals surface area (Å²) in [6, 6.07) is 2.45. The predicted octanol–water partition coefficient (Wildman–Crippen LogP) is 2.51. The molecular weight excluding hydrogens is 220 g/mol. The first-order valence-electron chi connectivity index (χ1n) is 6.18. The summed E-state index contributed by atoms with van der Waals surface area (Å²) in [7, 11) is 0. The highest BCUT2D eigenvalue weighted by Gasteiger charge is 2.44. The lowest BCUT2D eigenvalue weighted by Gasteiger charge is -2.46. The molecule has 0 radical (unpaired) electrons. The molecule has 3 rings (SSSR count). The van der Waals surface area contributed by atoms with Crippen molar-refractivity contribution >= 4 is 11.5 Å². The Balaban J connectivity index is 1.88. The van der Waals surface area contributed by atoms with E-state index in [1.165, 1.54) is 49.3 Å². The first kappa shape index (κ1) is 10.7. The lowest BCUT2D eigenvalue weighted by molar-refractivity contribution is -0.120. The average molecular weight is 238 g/mol. The molecule has 1 N–H and O–H groups in total. The molecule has 1 saturated carbocycles. The molecule has 1 aromatic heterocycles. The molecule has 4 heteroatoms. The summed E-state index contributed by atoms with van der Waals surface area (Å²) >= 11 is 1.54. The Morgan fingerprint density at radius 2 is 2.25 bits per heavy atom. The van der Waals surface area contributed by atoms with Crippen LogP contribution >= 0.6 is 11.5 Å². The zero-order valence-corrected chi connectivity index (χ0v) is 10.3. The molecule has 0 bridgehead atoms. The van der Waals surface area contributed by atoms with Crippen LogP contribution in [0.1, 0.15) is 43.8 Å². The van der Waals surface area contributed by atoms with Crippen molar-refractivity contribution in [3.05, 3.63) is 17.1 Å². The molecular formula is C12H18N2OS. The lowest BCUT2D eigenvalue weighted by atomic mass is 9.77. The third-order valence-electron chi connectivity index (χ3n) is 3.82. The number of nitrogens with one attached hydrogen (secondary N) is 1. The fourth-order valence-corrected chi connectivity index (χ4v) is 3.60. The smallest absolute Gasteiger partial charge is 0.0892 e. The van der Waals surface area contributed by atoms with E-state index in [1.807, 2.05) is 0 Å². The van der Waals surface area contributed by atoms with Gasteiger partial charge in [-0.25, -0.2) is 0 Å². The van der Waals surface area contributed by atoms with Crippen molar-refractivity contribution in [2.45, 2.75) is 43.7 Å². The van der Waals surface area contributed by atoms with Crippen LogP contribution in [0.5, 0.6) is 0 Å². The molecule has 2 heterocycles. The van der Waals surface area contributed by atoms with Gasteiger partial charge in [-0.15, -0.1) is 0 Å². The minimum absolute atomic E-state index is 0.0323. The van der Waals surface area contributed by atoms with Gasteiger partial charge in [0.15, 0.2) is 0 Å². The van der Waals surface area contributed by atoms with E-state index in [2.05, 4.69) is 21.1 Å². The van der Waals surface area contributed by atoms with Gasteiger partial charge >= 0.3 is 0 Å². The zero-order chi connectivity index (χ0) is 10.8. The van der Waals surface area contributed by atoms with Crippen LogP contribution in [0.25, 0.3) is 0 Å². The third kappa shape index (κ3) is 1.79. The number of hydrogen-bond acceptors (Lipinski definition) is 4. The summed E-state index contributed by atoms with van der Waals surface area (Å²) < 4.78 is 10.6. The molecule has 1 aliphatic heterocycles. The van der Waals surface area contributed by atoms with Gasteiger partial charge in [0, 0.05) is 11.9 Å². The van der Waals surface area contributed by atoms with Gasteiger partial charge in [0.05, 0.1) is 23.9 Å². The summed E-state index contributed by atoms with van der Waals surface area (Å²) in [5, 5.41) is 5.66. The van der Waals surface area contributed by atoms with Gasteiger partial charge in [-0.05, 0) is 30.4 Å². The van der Waals surface area contributed by atoms with Crippen LogP contribution in [-0.4, -0.2) is 23.1 Å². The summed E-state index contributed by atoms with van der Waals surface area (Å²) in [4.78, 5) is 0. The van der Waals surface area contributed by atoms with E-state index < -0.39 is 0 Å². The fourth-order valence-electron chi connectivity index (χ4n) is 3.06. The highest BCUT2D eigenvalue weighted by atomic mass is 32.1. The summed E-state index contributed by atoms with van der Waals surface area (Å²) in [5.74, 6) is 0. The van der Waals surface area contributed by atoms with E-state index in [0.717, 1.165) is 13.2 Å². The van der Waals surface area contributed by atoms with Gasteiger partial charge in [0.1, 0.15) is 0 Å². The van der Waals surface area contributed by atoms with Gasteiger partial charge < -0.3 is 10.1 Å². The van der Waals surface area contributed by atoms with Gasteiger partial charge in [-0.1, -0.05) is 19.3 Å². The van der Waals surface area contributed by atoms with Crippen LogP contribution in [0.4, 0.5) is 0 Å². The van der Waals surface area contributed by atoms with E-state index in [-0.39, 0.29) is 5.60 Å². The second-order valence-electron chi connectivity index (χ2n) is 4.79. The average Bonchev–Trinajstić information content (AvgIpc) is 2.84. The molecule has 1 spiro atoms. The van der Waals surface area contributed by atoms with E-state index in [1.54, 1.807) is 0 Å². The number of morpholine rings is 1. The van der Waals surface area contributed by atoms with Gasteiger partial charge in [0.25, 0.3) is 0 Å². The van der Waals surface area contributed by atoms with Gasteiger partial charge in [-0.2, -0.15) is 4.37 Å². The largest absolute Gasteiger partial charge is 0.372 e. The second kappa shape index (κ2) is 4.43. The monoisotopic (exact) mass is 238 g/mol. The molecule has 1 unspecified atom stereocenters. The summed E-state index contributed by atoms with van der Waals surface area (Å²) in [6.45, 7) is 1.80. The fraction of sp³-hybridized carbons (Fsp3) is 0.750. The van der Waals surface area contributed by atoms with Crippen molar-refractivity contribution in [3.63, 3.8) is 0 Å². The third-order valence-corrected chi connectivity index (χ3v) is 4.39. The Hall–Kier alpha value is -0.450. The Labute approximate surface area is 100 Å². The van der Waals surface area contributed by atoms with Crippen molar-refractivity contribution in [2.75, 3.05) is 13.2 Å². The highest BCUT2D eigenvalue weighted by molar-refractivity contribution is 7.03. The van der Waals surface area contributed by atoms with Crippen LogP contribution in [0, 0.1) is 0 Å². The Morgan fingerprint density at radius 3 is 3.00 bits per heavy atom. The van der Waals surface area contributed by atoms with E-state index >= 15 is 0 Å². The molecule has 3 nitrogen and oxygen atoms in total. The molecule has 0 aromatic carbocycles. The zero-order valence-electron chi connectivity index (χ0n) is 9.45. The minimum atomic E-state index is 0.0323. The summed E-state index contributed by atoms with van der Waals surface area (Å²) in [6.07, 6.45) is 6.31. The number of ether oxygens (including phenoxy) is 1. The van der Waals surface area contributed by atoms with Crippen LogP contribution in [0.2, 0.25) is 0 Å². The quantitative estimate of drug-likeness (QED) is 0.816. The normalized spacial score (nSPS) is 29.4. The van der Waals surface area contributed by atoms with Gasteiger partial charge in [0.2, 0.25) is 0 Å². The summed E-state index contributed by atoms with van der Waals surface area (Å²) in [5.41, 5.74) is 1.21. The van der Waals surface area contributed by atoms with Crippen molar-refractivity contribution in [3.8, 4) is 0 Å². The molecule has 2 aliphatic rings. The van der Waals surface area contributed by atoms with E-state index in [0.29, 0.717) is 6.04 Å². The van der Waals surface area contributed by atoms with Crippen molar-refractivity contribution in [1.82, 2.24) is 9.69 Å². The molecule has 16 heavy (non-hydrogen) atoms. The standard InChI is InChI=1S/C12H18N2OS/c1-2-5-12(6-3-1)11(13-7-8-15-12)10-4-9-16-14-10/h4,9,11,13H,1-3,5-8H2. The maximum atomic E-state index is 6.14. The van der Waals surface area contributed by atoms with Crippen molar-refractivity contribution in [2.24, 2.45) is 0 Å². The molecule has 1 aromatic rings.